The molecule has 0 atom stereocenters. The zero-order chi connectivity index (χ0) is 13.9. The molecule has 104 valence electrons. The van der Waals surface area contributed by atoms with E-state index in [1.54, 1.807) is 0 Å². The van der Waals surface area contributed by atoms with Crippen LogP contribution in [-0.2, 0) is 0 Å². The number of hydrogen-bond acceptors (Lipinski definition) is 3. The molecule has 1 aromatic rings. The van der Waals surface area contributed by atoms with E-state index in [2.05, 4.69) is 57.1 Å². The van der Waals surface area contributed by atoms with E-state index in [0.29, 0.717) is 5.41 Å². The predicted molar refractivity (Wildman–Crippen MR) is 93.2 cm³/mol. The largest absolute Gasteiger partial charge is 0.334 e. The minimum absolute atomic E-state index is 0.396. The minimum Gasteiger partial charge on any atom is -0.334 e. The molecule has 19 heavy (non-hydrogen) atoms. The third kappa shape index (κ3) is 3.76. The van der Waals surface area contributed by atoms with Gasteiger partial charge in [-0.3, -0.25) is 4.99 Å². The Bertz CT molecular complexity index is 484. The quantitative estimate of drug-likeness (QED) is 0.714. The zero-order valence-corrected chi connectivity index (χ0v) is 15.2. The summed E-state index contributed by atoms with van der Waals surface area (Å²) in [6.45, 7) is 5.47. The second-order valence-electron chi connectivity index (χ2n) is 4.87. The molecule has 0 amide bonds. The van der Waals surface area contributed by atoms with Crippen LogP contribution in [0, 0.1) is 5.41 Å². The molecule has 0 saturated heterocycles. The molecule has 1 heterocycles. The maximum absolute atomic E-state index is 4.72. The first-order valence-electron chi connectivity index (χ1n) is 6.48. The van der Waals surface area contributed by atoms with Crippen molar-refractivity contribution in [1.82, 2.24) is 0 Å². The summed E-state index contributed by atoms with van der Waals surface area (Å²) in [6.07, 6.45) is 2.41. The molecule has 1 N–H and O–H groups in total. The Hall–Kier alpha value is -0.000000000000000111. The van der Waals surface area contributed by atoms with Crippen molar-refractivity contribution in [2.45, 2.75) is 26.7 Å². The molecular weight excluding hydrogens is 388 g/mol. The third-order valence-electron chi connectivity index (χ3n) is 3.75. The summed E-state index contributed by atoms with van der Waals surface area (Å²) in [5.74, 6) is 1.15. The summed E-state index contributed by atoms with van der Waals surface area (Å²) in [5, 5.41) is 4.44. The Morgan fingerprint density at radius 3 is 2.58 bits per heavy atom. The van der Waals surface area contributed by atoms with Crippen molar-refractivity contribution in [2.75, 3.05) is 17.6 Å². The van der Waals surface area contributed by atoms with E-state index in [9.17, 15) is 0 Å². The van der Waals surface area contributed by atoms with Crippen molar-refractivity contribution >= 4 is 54.5 Å². The van der Waals surface area contributed by atoms with Crippen LogP contribution < -0.4 is 5.32 Å². The molecule has 0 bridgehead atoms. The molecule has 1 aliphatic rings. The Kier molecular flexibility index (Phi) is 5.37. The molecule has 0 spiro atoms. The maximum atomic E-state index is 4.72. The molecule has 0 radical (unpaired) electrons. The van der Waals surface area contributed by atoms with E-state index in [0.717, 1.165) is 32.1 Å². The van der Waals surface area contributed by atoms with Crippen molar-refractivity contribution in [3.05, 3.63) is 27.1 Å². The van der Waals surface area contributed by atoms with Gasteiger partial charge in [-0.25, -0.2) is 0 Å². The van der Waals surface area contributed by atoms with Crippen LogP contribution in [0.2, 0.25) is 0 Å². The second kappa shape index (κ2) is 6.64. The number of anilines is 1. The van der Waals surface area contributed by atoms with Crippen molar-refractivity contribution in [2.24, 2.45) is 10.4 Å². The van der Waals surface area contributed by atoms with Crippen LogP contribution in [0.4, 0.5) is 5.69 Å². The van der Waals surface area contributed by atoms with Crippen LogP contribution >= 0.6 is 43.6 Å². The Morgan fingerprint density at radius 1 is 1.32 bits per heavy atom. The van der Waals surface area contributed by atoms with E-state index in [-0.39, 0.29) is 0 Å². The van der Waals surface area contributed by atoms with E-state index in [1.807, 2.05) is 23.9 Å². The Morgan fingerprint density at radius 2 is 2.05 bits per heavy atom. The van der Waals surface area contributed by atoms with Gasteiger partial charge < -0.3 is 5.32 Å². The first-order valence-corrected chi connectivity index (χ1v) is 9.05. The number of aliphatic imine (C=N–C) groups is 1. The van der Waals surface area contributed by atoms with Gasteiger partial charge in [-0.1, -0.05) is 41.5 Å². The summed E-state index contributed by atoms with van der Waals surface area (Å²) >= 11 is 8.86. The molecule has 1 aliphatic heterocycles. The molecule has 2 rings (SSSR count). The molecule has 0 aromatic heterocycles. The fourth-order valence-electron chi connectivity index (χ4n) is 2.01. The summed E-state index contributed by atoms with van der Waals surface area (Å²) in [5.41, 5.74) is 1.46. The van der Waals surface area contributed by atoms with Gasteiger partial charge >= 0.3 is 0 Å². The van der Waals surface area contributed by atoms with Gasteiger partial charge in [-0.2, -0.15) is 0 Å². The summed E-state index contributed by atoms with van der Waals surface area (Å²) in [7, 11) is 0. The zero-order valence-electron chi connectivity index (χ0n) is 11.2. The highest BCUT2D eigenvalue weighted by atomic mass is 79.9. The molecule has 0 unspecified atom stereocenters. The number of hydrogen-bond donors (Lipinski definition) is 1. The van der Waals surface area contributed by atoms with Gasteiger partial charge in [-0.05, 0) is 52.4 Å². The monoisotopic (exact) mass is 404 g/mol. The lowest BCUT2D eigenvalue weighted by Gasteiger charge is -2.33. The standard InChI is InChI=1S/C14H18Br2N2S/c1-3-14(4-2)8-17-13(19-9-14)18-12-6-5-10(15)7-11(12)16/h5-7H,3-4,8-9H2,1-2H3,(H,17,18). The highest BCUT2D eigenvalue weighted by Gasteiger charge is 2.30. The van der Waals surface area contributed by atoms with Gasteiger partial charge in [0, 0.05) is 21.2 Å². The molecular formula is C14H18Br2N2S. The lowest BCUT2D eigenvalue weighted by molar-refractivity contribution is 0.318. The van der Waals surface area contributed by atoms with Crippen molar-refractivity contribution in [3.8, 4) is 0 Å². The fourth-order valence-corrected chi connectivity index (χ4v) is 4.44. The minimum atomic E-state index is 0.396. The predicted octanol–water partition coefficient (Wildman–Crippen LogP) is 5.53. The average molecular weight is 406 g/mol. The van der Waals surface area contributed by atoms with E-state index >= 15 is 0 Å². The van der Waals surface area contributed by atoms with Gasteiger partial charge in [0.2, 0.25) is 0 Å². The Labute approximate surface area is 136 Å². The highest BCUT2D eigenvalue weighted by molar-refractivity contribution is 9.11. The molecule has 0 saturated carbocycles. The number of halogens is 2. The van der Waals surface area contributed by atoms with Gasteiger partial charge in [-0.15, -0.1) is 0 Å². The first-order chi connectivity index (χ1) is 9.08. The van der Waals surface area contributed by atoms with Crippen LogP contribution in [0.3, 0.4) is 0 Å². The van der Waals surface area contributed by atoms with Gasteiger partial charge in [0.05, 0.1) is 5.69 Å². The lowest BCUT2D eigenvalue weighted by Crippen LogP contribution is -2.32. The van der Waals surface area contributed by atoms with Gasteiger partial charge in [0.15, 0.2) is 5.17 Å². The smallest absolute Gasteiger partial charge is 0.161 e. The van der Waals surface area contributed by atoms with Crippen LogP contribution in [0.5, 0.6) is 0 Å². The number of nitrogens with one attached hydrogen (secondary N) is 1. The summed E-state index contributed by atoms with van der Waals surface area (Å²) in [6, 6.07) is 6.13. The average Bonchev–Trinajstić information content (AvgIpc) is 2.43. The number of benzene rings is 1. The molecule has 0 fully saturated rings. The second-order valence-corrected chi connectivity index (χ2v) is 7.60. The number of amidine groups is 1. The van der Waals surface area contributed by atoms with E-state index in [4.69, 9.17) is 4.99 Å². The third-order valence-corrected chi connectivity index (χ3v) is 6.16. The Balaban J connectivity index is 2.07. The highest BCUT2D eigenvalue weighted by Crippen LogP contribution is 2.36. The van der Waals surface area contributed by atoms with E-state index in [1.165, 1.54) is 12.8 Å². The normalized spacial score (nSPS) is 18.0. The molecule has 5 heteroatoms. The first kappa shape index (κ1) is 15.4. The van der Waals surface area contributed by atoms with Crippen molar-refractivity contribution in [1.29, 1.82) is 0 Å². The van der Waals surface area contributed by atoms with Gasteiger partial charge in [0.1, 0.15) is 0 Å². The topological polar surface area (TPSA) is 24.4 Å². The van der Waals surface area contributed by atoms with Crippen molar-refractivity contribution in [3.63, 3.8) is 0 Å². The number of thioether (sulfide) groups is 1. The van der Waals surface area contributed by atoms with Gasteiger partial charge in [0.25, 0.3) is 0 Å². The van der Waals surface area contributed by atoms with Crippen molar-refractivity contribution < 1.29 is 0 Å². The molecule has 0 aliphatic carbocycles. The van der Waals surface area contributed by atoms with E-state index < -0.39 is 0 Å². The van der Waals surface area contributed by atoms with Crippen LogP contribution in [0.15, 0.2) is 32.1 Å². The number of nitrogens with zero attached hydrogens (tertiary/aromatic N) is 1. The van der Waals surface area contributed by atoms with Crippen LogP contribution in [-0.4, -0.2) is 17.5 Å². The SMILES string of the molecule is CCC1(CC)CN=C(Nc2ccc(Br)cc2Br)SC1. The summed E-state index contributed by atoms with van der Waals surface area (Å²) < 4.78 is 2.12. The lowest BCUT2D eigenvalue weighted by atomic mass is 9.84. The number of rotatable bonds is 3. The van der Waals surface area contributed by atoms with Crippen LogP contribution in [0.25, 0.3) is 0 Å². The fraction of sp³-hybridized carbons (Fsp3) is 0.500. The summed E-state index contributed by atoms with van der Waals surface area (Å²) in [4.78, 5) is 4.72. The van der Waals surface area contributed by atoms with Crippen LogP contribution in [0.1, 0.15) is 26.7 Å². The molecule has 1 aromatic carbocycles. The maximum Gasteiger partial charge on any atom is 0.161 e. The molecule has 2 nitrogen and oxygen atoms in total.